The molecule has 0 aliphatic rings. The quantitative estimate of drug-likeness (QED) is 0.713. The van der Waals surface area contributed by atoms with Gasteiger partial charge in [0.1, 0.15) is 10.8 Å². The molecule has 0 aliphatic carbocycles. The van der Waals surface area contributed by atoms with Gasteiger partial charge in [0, 0.05) is 5.56 Å². The molecule has 1 rings (SSSR count). The summed E-state index contributed by atoms with van der Waals surface area (Å²) in [6.45, 7) is -0.258. The molecule has 0 unspecified atom stereocenters. The van der Waals surface area contributed by atoms with E-state index in [1.807, 2.05) is 0 Å². The highest BCUT2D eigenvalue weighted by atomic mass is 35.5. The van der Waals surface area contributed by atoms with Crippen LogP contribution in [0, 0.1) is 0 Å². The van der Waals surface area contributed by atoms with E-state index in [-0.39, 0.29) is 22.4 Å². The largest absolute Gasteiger partial charge is 0.506 e. The van der Waals surface area contributed by atoms with E-state index in [0.29, 0.717) is 5.56 Å². The molecule has 0 saturated carbocycles. The molecule has 13 heavy (non-hydrogen) atoms. The van der Waals surface area contributed by atoms with Gasteiger partial charge in [0.2, 0.25) is 0 Å². The van der Waals surface area contributed by atoms with Crippen molar-refractivity contribution in [3.8, 4) is 5.75 Å². The Balaban J connectivity index is 3.18. The van der Waals surface area contributed by atoms with Crippen molar-refractivity contribution in [1.29, 1.82) is 0 Å². The average molecular weight is 222 g/mol. The van der Waals surface area contributed by atoms with Crippen LogP contribution in [0.1, 0.15) is 11.6 Å². The molecule has 0 fully saturated rings. The van der Waals surface area contributed by atoms with Gasteiger partial charge in [0.15, 0.2) is 0 Å². The van der Waals surface area contributed by atoms with E-state index in [4.69, 9.17) is 34.0 Å². The monoisotopic (exact) mass is 221 g/mol. The number of aliphatic hydroxyl groups excluding tert-OH is 1. The number of halogens is 2. The summed E-state index contributed by atoms with van der Waals surface area (Å²) in [5.74, 6) is -0.171. The van der Waals surface area contributed by atoms with E-state index in [2.05, 4.69) is 0 Å². The number of phenolic OH excluding ortho intramolecular Hbond substituents is 1. The van der Waals surface area contributed by atoms with Crippen molar-refractivity contribution in [2.45, 2.75) is 6.04 Å². The van der Waals surface area contributed by atoms with E-state index in [0.717, 1.165) is 0 Å². The normalized spacial score (nSPS) is 12.9. The van der Waals surface area contributed by atoms with Crippen LogP contribution in [0.4, 0.5) is 0 Å². The summed E-state index contributed by atoms with van der Waals surface area (Å²) in [7, 11) is 0. The first-order valence-corrected chi connectivity index (χ1v) is 4.36. The van der Waals surface area contributed by atoms with Crippen LogP contribution in [-0.4, -0.2) is 16.8 Å². The lowest BCUT2D eigenvalue weighted by molar-refractivity contribution is 0.265. The lowest BCUT2D eigenvalue weighted by Crippen LogP contribution is -2.14. The minimum atomic E-state index is -0.644. The molecule has 72 valence electrons. The molecule has 0 aliphatic heterocycles. The van der Waals surface area contributed by atoms with Crippen LogP contribution >= 0.6 is 23.2 Å². The van der Waals surface area contributed by atoms with Crippen LogP contribution in [-0.2, 0) is 0 Å². The van der Waals surface area contributed by atoms with Gasteiger partial charge in [-0.3, -0.25) is 0 Å². The highest BCUT2D eigenvalue weighted by molar-refractivity contribution is 6.43. The fourth-order valence-corrected chi connectivity index (χ4v) is 1.28. The first-order valence-electron chi connectivity index (χ1n) is 3.61. The summed E-state index contributed by atoms with van der Waals surface area (Å²) in [5, 5.41) is 18.5. The third-order valence-electron chi connectivity index (χ3n) is 1.70. The van der Waals surface area contributed by atoms with Gasteiger partial charge in [0.25, 0.3) is 0 Å². The molecular formula is C8H9Cl2NO2. The second-order valence-electron chi connectivity index (χ2n) is 2.59. The van der Waals surface area contributed by atoms with Gasteiger partial charge >= 0.3 is 0 Å². The first kappa shape index (κ1) is 10.6. The SMILES string of the molecule is N[C@H](CO)c1ccc(Cl)c(Cl)c1O. The maximum atomic E-state index is 9.47. The van der Waals surface area contributed by atoms with Gasteiger partial charge in [-0.05, 0) is 6.07 Å². The maximum Gasteiger partial charge on any atom is 0.140 e. The van der Waals surface area contributed by atoms with Crippen molar-refractivity contribution in [2.75, 3.05) is 6.61 Å². The molecule has 1 aromatic rings. The number of phenols is 1. The number of hydrogen-bond donors (Lipinski definition) is 3. The smallest absolute Gasteiger partial charge is 0.140 e. The molecule has 1 atom stereocenters. The van der Waals surface area contributed by atoms with Crippen LogP contribution < -0.4 is 5.73 Å². The molecule has 0 amide bonds. The third kappa shape index (κ3) is 2.06. The van der Waals surface area contributed by atoms with Crippen molar-refractivity contribution in [3.05, 3.63) is 27.7 Å². The second kappa shape index (κ2) is 4.15. The molecule has 0 aromatic heterocycles. The molecule has 0 bridgehead atoms. The van der Waals surface area contributed by atoms with Crippen LogP contribution in [0.15, 0.2) is 12.1 Å². The summed E-state index contributed by atoms with van der Waals surface area (Å²) < 4.78 is 0. The molecule has 0 radical (unpaired) electrons. The maximum absolute atomic E-state index is 9.47. The van der Waals surface area contributed by atoms with Crippen molar-refractivity contribution >= 4 is 23.2 Å². The fraction of sp³-hybridized carbons (Fsp3) is 0.250. The molecule has 0 saturated heterocycles. The van der Waals surface area contributed by atoms with E-state index in [1.165, 1.54) is 12.1 Å². The summed E-state index contributed by atoms with van der Waals surface area (Å²) >= 11 is 11.3. The standard InChI is InChI=1S/C8H9Cl2NO2/c9-5-2-1-4(6(11)3-12)8(13)7(5)10/h1-2,6,12-13H,3,11H2/t6-/m1/s1. The van der Waals surface area contributed by atoms with E-state index >= 15 is 0 Å². The Morgan fingerprint density at radius 1 is 1.38 bits per heavy atom. The van der Waals surface area contributed by atoms with Crippen LogP contribution in [0.2, 0.25) is 10.0 Å². The number of nitrogens with two attached hydrogens (primary N) is 1. The molecule has 5 heteroatoms. The van der Waals surface area contributed by atoms with E-state index in [9.17, 15) is 5.11 Å². The van der Waals surface area contributed by atoms with Crippen molar-refractivity contribution in [2.24, 2.45) is 5.73 Å². The minimum Gasteiger partial charge on any atom is -0.506 e. The van der Waals surface area contributed by atoms with Crippen LogP contribution in [0.25, 0.3) is 0 Å². The van der Waals surface area contributed by atoms with Gasteiger partial charge in [-0.1, -0.05) is 29.3 Å². The third-order valence-corrected chi connectivity index (χ3v) is 2.49. The highest BCUT2D eigenvalue weighted by Crippen LogP contribution is 2.36. The molecule has 0 spiro atoms. The van der Waals surface area contributed by atoms with E-state index < -0.39 is 6.04 Å². The number of aliphatic hydroxyl groups is 1. The molecule has 1 aromatic carbocycles. The predicted octanol–water partition coefficient (Wildman–Crippen LogP) is 1.69. The number of hydrogen-bond acceptors (Lipinski definition) is 3. The summed E-state index contributed by atoms with van der Waals surface area (Å²) in [4.78, 5) is 0. The van der Waals surface area contributed by atoms with E-state index in [1.54, 1.807) is 0 Å². The Morgan fingerprint density at radius 2 is 2.00 bits per heavy atom. The summed E-state index contributed by atoms with van der Waals surface area (Å²) in [5.41, 5.74) is 5.89. The minimum absolute atomic E-state index is 0.0584. The Labute approximate surface area is 85.7 Å². The summed E-state index contributed by atoms with van der Waals surface area (Å²) in [6.07, 6.45) is 0. The van der Waals surface area contributed by atoms with Crippen LogP contribution in [0.5, 0.6) is 5.75 Å². The highest BCUT2D eigenvalue weighted by Gasteiger charge is 2.14. The van der Waals surface area contributed by atoms with Gasteiger partial charge in [-0.25, -0.2) is 0 Å². The zero-order valence-corrected chi connectivity index (χ0v) is 8.18. The summed E-state index contributed by atoms with van der Waals surface area (Å²) in [6, 6.07) is 2.41. The Hall–Kier alpha value is -0.480. The fourth-order valence-electron chi connectivity index (χ4n) is 0.952. The molecule has 0 heterocycles. The Kier molecular flexibility index (Phi) is 3.39. The van der Waals surface area contributed by atoms with Gasteiger partial charge in [0.05, 0.1) is 17.7 Å². The number of benzene rings is 1. The number of aromatic hydroxyl groups is 1. The lowest BCUT2D eigenvalue weighted by atomic mass is 10.1. The Bertz CT molecular complexity index is 317. The average Bonchev–Trinajstić information content (AvgIpc) is 2.13. The van der Waals surface area contributed by atoms with Gasteiger partial charge < -0.3 is 15.9 Å². The van der Waals surface area contributed by atoms with Gasteiger partial charge in [-0.15, -0.1) is 0 Å². The van der Waals surface area contributed by atoms with Gasteiger partial charge in [-0.2, -0.15) is 0 Å². The first-order chi connectivity index (χ1) is 6.07. The van der Waals surface area contributed by atoms with Crippen LogP contribution in [0.3, 0.4) is 0 Å². The predicted molar refractivity (Wildman–Crippen MR) is 52.1 cm³/mol. The Morgan fingerprint density at radius 3 is 2.54 bits per heavy atom. The topological polar surface area (TPSA) is 66.5 Å². The van der Waals surface area contributed by atoms with Crippen molar-refractivity contribution < 1.29 is 10.2 Å². The zero-order chi connectivity index (χ0) is 10.0. The zero-order valence-electron chi connectivity index (χ0n) is 6.67. The second-order valence-corrected chi connectivity index (χ2v) is 3.37. The molecular weight excluding hydrogens is 213 g/mol. The lowest BCUT2D eigenvalue weighted by Gasteiger charge is -2.11. The molecule has 3 nitrogen and oxygen atoms in total. The van der Waals surface area contributed by atoms with Crippen molar-refractivity contribution in [3.63, 3.8) is 0 Å². The molecule has 4 N–H and O–H groups in total. The number of rotatable bonds is 2. The van der Waals surface area contributed by atoms with Crippen molar-refractivity contribution in [1.82, 2.24) is 0 Å².